The first kappa shape index (κ1) is 20.4. The molecule has 0 bridgehead atoms. The number of benzene rings is 1. The van der Waals surface area contributed by atoms with Crippen molar-refractivity contribution in [1.82, 2.24) is 0 Å². The van der Waals surface area contributed by atoms with Crippen molar-refractivity contribution in [2.45, 2.75) is 69.8 Å². The number of Topliss-reactive ketones (excluding diaryl/α,β-unsaturated/α-hetero) is 1. The molecule has 0 aromatic heterocycles. The Labute approximate surface area is 147 Å². The van der Waals surface area contributed by atoms with E-state index in [0.717, 1.165) is 12.5 Å². The lowest BCUT2D eigenvalue weighted by Crippen LogP contribution is -2.37. The number of aliphatic hydroxyl groups excluding tert-OH is 1. The summed E-state index contributed by atoms with van der Waals surface area (Å²) in [5.41, 5.74) is 1.20. The zero-order valence-electron chi connectivity index (χ0n) is 15.1. The van der Waals surface area contributed by atoms with E-state index in [1.807, 2.05) is 32.0 Å². The highest BCUT2D eigenvalue weighted by molar-refractivity contribution is 6.76. The maximum absolute atomic E-state index is 12.7. The summed E-state index contributed by atoms with van der Waals surface area (Å²) in [6, 6.07) is 10.9. The number of aryl methyl sites for hydroxylation is 1. The topological polar surface area (TPSA) is 37.3 Å². The van der Waals surface area contributed by atoms with E-state index >= 15 is 0 Å². The maximum atomic E-state index is 12.7. The number of alkyl halides is 1. The minimum Gasteiger partial charge on any atom is -0.392 e. The summed E-state index contributed by atoms with van der Waals surface area (Å²) in [6.45, 7) is 10.4. The second kappa shape index (κ2) is 8.45. The monoisotopic (exact) mass is 354 g/mol. The minimum atomic E-state index is -1.45. The van der Waals surface area contributed by atoms with Crippen LogP contribution in [0.4, 0.5) is 0 Å². The van der Waals surface area contributed by atoms with Gasteiger partial charge < -0.3 is 5.11 Å². The third-order valence-corrected chi connectivity index (χ3v) is 5.67. The predicted molar refractivity (Wildman–Crippen MR) is 102 cm³/mol. The molecule has 0 amide bonds. The molecular weight excluding hydrogens is 324 g/mol. The van der Waals surface area contributed by atoms with Gasteiger partial charge in [-0.2, -0.15) is 0 Å². The molecule has 0 unspecified atom stereocenters. The lowest BCUT2D eigenvalue weighted by molar-refractivity contribution is -0.126. The Morgan fingerprint density at radius 1 is 1.22 bits per heavy atom. The first-order chi connectivity index (χ1) is 10.5. The number of hydrogen-bond donors (Lipinski definition) is 1. The van der Waals surface area contributed by atoms with E-state index in [1.54, 1.807) is 0 Å². The summed E-state index contributed by atoms with van der Waals surface area (Å²) in [4.78, 5) is 12.1. The molecule has 1 aromatic carbocycles. The Balaban J connectivity index is 2.75. The largest absolute Gasteiger partial charge is 0.392 e. The van der Waals surface area contributed by atoms with Crippen molar-refractivity contribution in [3.63, 3.8) is 0 Å². The molecule has 1 aromatic rings. The summed E-state index contributed by atoms with van der Waals surface area (Å²) >= 11 is 6.23. The van der Waals surface area contributed by atoms with E-state index in [9.17, 15) is 9.90 Å². The van der Waals surface area contributed by atoms with E-state index in [4.69, 9.17) is 11.6 Å². The van der Waals surface area contributed by atoms with Crippen LogP contribution >= 0.6 is 11.6 Å². The number of ketones is 1. The van der Waals surface area contributed by atoms with Gasteiger partial charge in [0.15, 0.2) is 0 Å². The van der Waals surface area contributed by atoms with Crippen LogP contribution in [-0.4, -0.2) is 29.9 Å². The van der Waals surface area contributed by atoms with Gasteiger partial charge in [-0.15, -0.1) is 11.6 Å². The van der Waals surface area contributed by atoms with Crippen molar-refractivity contribution >= 4 is 25.5 Å². The highest BCUT2D eigenvalue weighted by Crippen LogP contribution is 2.28. The third-order valence-electron chi connectivity index (χ3n) is 3.88. The SMILES string of the molecule is CC(C)(Cl)CC(=O)[C@@H](C[Si](C)(C)C)[C@H](O)CCc1ccccc1. The van der Waals surface area contributed by atoms with Gasteiger partial charge in [-0.3, -0.25) is 4.79 Å². The van der Waals surface area contributed by atoms with E-state index in [1.165, 1.54) is 5.56 Å². The number of carbonyl (C=O) groups excluding carboxylic acids is 1. The van der Waals surface area contributed by atoms with Gasteiger partial charge in [0.2, 0.25) is 0 Å². The molecule has 23 heavy (non-hydrogen) atoms. The molecule has 130 valence electrons. The second-order valence-electron chi connectivity index (χ2n) is 8.32. The van der Waals surface area contributed by atoms with Crippen LogP contribution in [0.2, 0.25) is 25.7 Å². The molecule has 0 aliphatic carbocycles. The number of hydrogen-bond acceptors (Lipinski definition) is 2. The minimum absolute atomic E-state index is 0.105. The third kappa shape index (κ3) is 8.68. The van der Waals surface area contributed by atoms with E-state index < -0.39 is 19.1 Å². The zero-order chi connectivity index (χ0) is 17.7. The number of aliphatic hydroxyl groups is 1. The normalized spacial score (nSPS) is 15.3. The molecule has 0 heterocycles. The molecule has 0 saturated heterocycles. The van der Waals surface area contributed by atoms with Crippen molar-refractivity contribution in [2.75, 3.05) is 0 Å². The van der Waals surface area contributed by atoms with Crippen molar-refractivity contribution in [3.05, 3.63) is 35.9 Å². The Bertz CT molecular complexity index is 488. The fourth-order valence-corrected chi connectivity index (χ4v) is 4.78. The lowest BCUT2D eigenvalue weighted by atomic mass is 9.90. The fraction of sp³-hybridized carbons (Fsp3) is 0.632. The highest BCUT2D eigenvalue weighted by Gasteiger charge is 2.33. The summed E-state index contributed by atoms with van der Waals surface area (Å²) in [7, 11) is -1.45. The first-order valence-electron chi connectivity index (χ1n) is 8.41. The van der Waals surface area contributed by atoms with Crippen molar-refractivity contribution < 1.29 is 9.90 Å². The molecule has 2 atom stereocenters. The van der Waals surface area contributed by atoms with Gasteiger partial charge in [0, 0.05) is 25.3 Å². The van der Waals surface area contributed by atoms with Gasteiger partial charge in [0.1, 0.15) is 5.78 Å². The number of rotatable bonds is 9. The quantitative estimate of drug-likeness (QED) is 0.505. The van der Waals surface area contributed by atoms with E-state index in [0.29, 0.717) is 12.8 Å². The fourth-order valence-electron chi connectivity index (χ4n) is 2.83. The van der Waals surface area contributed by atoms with Gasteiger partial charge >= 0.3 is 0 Å². The zero-order valence-corrected chi connectivity index (χ0v) is 16.9. The average Bonchev–Trinajstić information content (AvgIpc) is 2.40. The molecule has 0 fully saturated rings. The molecule has 4 heteroatoms. The molecule has 0 spiro atoms. The molecular formula is C19H31ClO2Si. The van der Waals surface area contributed by atoms with Crippen molar-refractivity contribution in [2.24, 2.45) is 5.92 Å². The van der Waals surface area contributed by atoms with Gasteiger partial charge in [0.25, 0.3) is 0 Å². The molecule has 0 saturated carbocycles. The van der Waals surface area contributed by atoms with E-state index in [2.05, 4.69) is 31.8 Å². The summed E-state index contributed by atoms with van der Waals surface area (Å²) in [5, 5.41) is 10.7. The number of halogens is 1. The van der Waals surface area contributed by atoms with Gasteiger partial charge in [0.05, 0.1) is 6.10 Å². The van der Waals surface area contributed by atoms with Crippen LogP contribution < -0.4 is 0 Å². The Morgan fingerprint density at radius 2 is 1.78 bits per heavy atom. The Kier molecular flexibility index (Phi) is 7.50. The van der Waals surface area contributed by atoms with E-state index in [-0.39, 0.29) is 11.7 Å². The Hall–Kier alpha value is -0.643. The molecule has 2 nitrogen and oxygen atoms in total. The summed E-state index contributed by atoms with van der Waals surface area (Å²) in [5.74, 6) is -0.184. The van der Waals surface area contributed by atoms with Gasteiger partial charge in [-0.05, 0) is 38.3 Å². The van der Waals surface area contributed by atoms with Crippen LogP contribution in [0.3, 0.4) is 0 Å². The Morgan fingerprint density at radius 3 is 2.26 bits per heavy atom. The molecule has 0 radical (unpaired) electrons. The second-order valence-corrected chi connectivity index (χ2v) is 14.9. The number of carbonyl (C=O) groups is 1. The maximum Gasteiger partial charge on any atom is 0.140 e. The standard InChI is InChI=1S/C19H31ClO2Si/c1-19(2,20)13-18(22)16(14-23(3,4)5)17(21)12-11-15-9-7-6-8-10-15/h6-10,16-17,21H,11-14H2,1-5H3/t16-,17+/m0/s1. The van der Waals surface area contributed by atoms with Crippen molar-refractivity contribution in [1.29, 1.82) is 0 Å². The summed E-state index contributed by atoms with van der Waals surface area (Å²) < 4.78 is 0. The van der Waals surface area contributed by atoms with Crippen LogP contribution in [0.25, 0.3) is 0 Å². The average molecular weight is 355 g/mol. The van der Waals surface area contributed by atoms with Crippen LogP contribution in [0, 0.1) is 5.92 Å². The van der Waals surface area contributed by atoms with Crippen molar-refractivity contribution in [3.8, 4) is 0 Å². The molecule has 0 aliphatic heterocycles. The van der Waals surface area contributed by atoms with Crippen LogP contribution in [0.15, 0.2) is 30.3 Å². The first-order valence-corrected chi connectivity index (χ1v) is 12.5. The molecule has 1 rings (SSSR count). The van der Waals surface area contributed by atoms with Gasteiger partial charge in [-0.1, -0.05) is 50.0 Å². The van der Waals surface area contributed by atoms with Crippen LogP contribution in [0.1, 0.15) is 32.3 Å². The van der Waals surface area contributed by atoms with Crippen LogP contribution in [-0.2, 0) is 11.2 Å². The molecule has 0 aliphatic rings. The lowest BCUT2D eigenvalue weighted by Gasteiger charge is -2.29. The smallest absolute Gasteiger partial charge is 0.140 e. The predicted octanol–water partition coefficient (Wildman–Crippen LogP) is 4.91. The van der Waals surface area contributed by atoms with Gasteiger partial charge in [-0.25, -0.2) is 0 Å². The van der Waals surface area contributed by atoms with Crippen LogP contribution in [0.5, 0.6) is 0 Å². The molecule has 1 N–H and O–H groups in total. The summed E-state index contributed by atoms with van der Waals surface area (Å²) in [6.07, 6.45) is 1.13. The highest BCUT2D eigenvalue weighted by atomic mass is 35.5.